The molecule has 0 aliphatic carbocycles. The molecule has 0 bridgehead atoms. The fourth-order valence-electron chi connectivity index (χ4n) is 4.66. The van der Waals surface area contributed by atoms with Crippen molar-refractivity contribution >= 4 is 27.5 Å². The fourth-order valence-corrected chi connectivity index (χ4v) is 5.48. The topological polar surface area (TPSA) is 104 Å². The van der Waals surface area contributed by atoms with Crippen LogP contribution < -0.4 is 19.7 Å². The molecule has 2 aliphatic rings. The lowest BCUT2D eigenvalue weighted by Gasteiger charge is -2.34. The highest BCUT2D eigenvalue weighted by molar-refractivity contribution is 7.88. The van der Waals surface area contributed by atoms with Crippen LogP contribution in [0.4, 0.5) is 10.5 Å². The molecule has 10 nitrogen and oxygen atoms in total. The Hall–Kier alpha value is -3.31. The number of hydrogen-bond donors (Lipinski definition) is 1. The first-order valence-corrected chi connectivity index (χ1v) is 13.7. The van der Waals surface area contributed by atoms with E-state index in [4.69, 9.17) is 14.6 Å². The van der Waals surface area contributed by atoms with E-state index in [1.54, 1.807) is 21.3 Å². The summed E-state index contributed by atoms with van der Waals surface area (Å²) >= 11 is 0. The SMILES string of the molecule is CNC(=O)N1N=C(c2ccc(N3CCN(S(C)(=O)=O)CC3)cc2)c2cc(OC)c(OC)cc2C[C@@H]1C. The minimum absolute atomic E-state index is 0.176. The van der Waals surface area contributed by atoms with Gasteiger partial charge < -0.3 is 19.7 Å². The molecule has 11 heteroatoms. The van der Waals surface area contributed by atoms with Crippen LogP contribution >= 0.6 is 0 Å². The summed E-state index contributed by atoms with van der Waals surface area (Å²) in [6.45, 7) is 4.12. The van der Waals surface area contributed by atoms with Gasteiger partial charge in [0.2, 0.25) is 10.0 Å². The number of sulfonamides is 1. The van der Waals surface area contributed by atoms with Crippen LogP contribution in [0.5, 0.6) is 11.5 Å². The van der Waals surface area contributed by atoms with Crippen molar-refractivity contribution in [2.75, 3.05) is 58.6 Å². The van der Waals surface area contributed by atoms with E-state index in [1.807, 2.05) is 43.3 Å². The van der Waals surface area contributed by atoms with Crippen molar-refractivity contribution in [3.8, 4) is 11.5 Å². The first kappa shape index (κ1) is 25.8. The summed E-state index contributed by atoms with van der Waals surface area (Å²) in [5.41, 5.74) is 4.40. The molecule has 4 rings (SSSR count). The molecule has 2 aromatic carbocycles. The van der Waals surface area contributed by atoms with Gasteiger partial charge in [-0.1, -0.05) is 12.1 Å². The van der Waals surface area contributed by atoms with Crippen LogP contribution in [0.2, 0.25) is 0 Å². The van der Waals surface area contributed by atoms with Gasteiger partial charge in [-0.2, -0.15) is 9.41 Å². The molecule has 1 saturated heterocycles. The van der Waals surface area contributed by atoms with Gasteiger partial charge in [-0.15, -0.1) is 0 Å². The third kappa shape index (κ3) is 5.12. The summed E-state index contributed by atoms with van der Waals surface area (Å²) in [4.78, 5) is 14.8. The Morgan fingerprint density at radius 3 is 2.19 bits per heavy atom. The van der Waals surface area contributed by atoms with E-state index in [9.17, 15) is 13.2 Å². The number of ether oxygens (including phenoxy) is 2. The number of amides is 2. The maximum atomic E-state index is 12.7. The maximum absolute atomic E-state index is 12.7. The molecule has 0 unspecified atom stereocenters. The number of piperazine rings is 1. The van der Waals surface area contributed by atoms with Crippen LogP contribution in [0.3, 0.4) is 0 Å². The molecular weight excluding hydrogens is 482 g/mol. The Morgan fingerprint density at radius 2 is 1.64 bits per heavy atom. The molecule has 2 aromatic rings. The molecule has 2 amide bonds. The number of methoxy groups -OCH3 is 2. The first-order chi connectivity index (χ1) is 17.2. The Balaban J connectivity index is 1.71. The van der Waals surface area contributed by atoms with E-state index in [0.29, 0.717) is 49.8 Å². The number of fused-ring (bicyclic) bond motifs is 1. The molecular formula is C25H33N5O5S. The van der Waals surface area contributed by atoms with Crippen LogP contribution in [0.25, 0.3) is 0 Å². The summed E-state index contributed by atoms with van der Waals surface area (Å²) in [7, 11) is 1.60. The van der Waals surface area contributed by atoms with Gasteiger partial charge in [-0.25, -0.2) is 18.2 Å². The van der Waals surface area contributed by atoms with E-state index in [0.717, 1.165) is 22.4 Å². The Bertz CT molecular complexity index is 1250. The molecule has 2 heterocycles. The summed E-state index contributed by atoms with van der Waals surface area (Å²) in [6, 6.07) is 11.4. The smallest absolute Gasteiger partial charge is 0.337 e. The number of hydrogen-bond acceptors (Lipinski definition) is 7. The number of anilines is 1. The lowest BCUT2D eigenvalue weighted by Crippen LogP contribution is -2.48. The van der Waals surface area contributed by atoms with Gasteiger partial charge in [-0.05, 0) is 43.2 Å². The molecule has 0 aromatic heterocycles. The van der Waals surface area contributed by atoms with E-state index < -0.39 is 10.0 Å². The normalized spacial score (nSPS) is 18.7. The molecule has 194 valence electrons. The second-order valence-corrected chi connectivity index (χ2v) is 10.9. The van der Waals surface area contributed by atoms with Gasteiger partial charge in [-0.3, -0.25) is 0 Å². The number of nitrogens with zero attached hydrogens (tertiary/aromatic N) is 4. The van der Waals surface area contributed by atoms with Crippen molar-refractivity contribution in [3.05, 3.63) is 53.1 Å². The number of carbonyl (C=O) groups is 1. The van der Waals surface area contributed by atoms with Gasteiger partial charge in [0.1, 0.15) is 0 Å². The maximum Gasteiger partial charge on any atom is 0.337 e. The molecule has 2 aliphatic heterocycles. The third-order valence-electron chi connectivity index (χ3n) is 6.64. The number of rotatable bonds is 5. The second kappa shape index (κ2) is 10.4. The molecule has 1 atom stereocenters. The van der Waals surface area contributed by atoms with E-state index >= 15 is 0 Å². The van der Waals surface area contributed by atoms with Crippen LogP contribution in [-0.4, -0.2) is 89.2 Å². The summed E-state index contributed by atoms with van der Waals surface area (Å²) in [5.74, 6) is 1.21. The molecule has 0 spiro atoms. The van der Waals surface area contributed by atoms with Crippen LogP contribution in [0, 0.1) is 0 Å². The highest BCUT2D eigenvalue weighted by atomic mass is 32.2. The largest absolute Gasteiger partial charge is 0.493 e. The minimum Gasteiger partial charge on any atom is -0.493 e. The van der Waals surface area contributed by atoms with Crippen LogP contribution in [-0.2, 0) is 16.4 Å². The molecule has 36 heavy (non-hydrogen) atoms. The minimum atomic E-state index is -3.18. The standard InChI is InChI=1S/C25H33N5O5S/c1-17-14-19-15-22(34-3)23(35-4)16-21(19)24(27-30(17)25(31)26-2)18-6-8-20(9-7-18)28-10-12-29(13-11-28)36(5,32)33/h6-9,15-17H,10-14H2,1-5H3,(H,26,31)/t17-/m0/s1. The second-order valence-electron chi connectivity index (χ2n) is 8.96. The van der Waals surface area contributed by atoms with Crippen molar-refractivity contribution in [3.63, 3.8) is 0 Å². The van der Waals surface area contributed by atoms with Gasteiger partial charge in [0, 0.05) is 50.0 Å². The number of benzene rings is 2. The Labute approximate surface area is 212 Å². The molecule has 1 fully saturated rings. The van der Waals surface area contributed by atoms with Gasteiger partial charge in [0.05, 0.1) is 32.2 Å². The van der Waals surface area contributed by atoms with Crippen LogP contribution in [0.15, 0.2) is 41.5 Å². The zero-order valence-corrected chi connectivity index (χ0v) is 22.1. The van der Waals surface area contributed by atoms with Gasteiger partial charge in [0.25, 0.3) is 0 Å². The van der Waals surface area contributed by atoms with Crippen LogP contribution in [0.1, 0.15) is 23.6 Å². The number of nitrogens with one attached hydrogen (secondary N) is 1. The number of urea groups is 1. The Morgan fingerprint density at radius 1 is 1.03 bits per heavy atom. The lowest BCUT2D eigenvalue weighted by atomic mass is 9.94. The molecule has 1 N–H and O–H groups in total. The summed E-state index contributed by atoms with van der Waals surface area (Å²) in [5, 5.41) is 8.96. The van der Waals surface area contributed by atoms with E-state index in [1.165, 1.54) is 15.6 Å². The predicted molar refractivity (Wildman–Crippen MR) is 140 cm³/mol. The molecule has 0 saturated carbocycles. The predicted octanol–water partition coefficient (Wildman–Crippen LogP) is 2.12. The van der Waals surface area contributed by atoms with Gasteiger partial charge >= 0.3 is 6.03 Å². The summed E-state index contributed by atoms with van der Waals surface area (Å²) in [6.07, 6.45) is 1.84. The lowest BCUT2D eigenvalue weighted by molar-refractivity contribution is 0.184. The third-order valence-corrected chi connectivity index (χ3v) is 7.94. The van der Waals surface area contributed by atoms with Crippen molar-refractivity contribution in [1.82, 2.24) is 14.6 Å². The van der Waals surface area contributed by atoms with Crippen molar-refractivity contribution in [2.24, 2.45) is 5.10 Å². The van der Waals surface area contributed by atoms with Crippen molar-refractivity contribution in [2.45, 2.75) is 19.4 Å². The van der Waals surface area contributed by atoms with Crippen molar-refractivity contribution < 1.29 is 22.7 Å². The average molecular weight is 516 g/mol. The average Bonchev–Trinajstić information content (AvgIpc) is 3.02. The summed E-state index contributed by atoms with van der Waals surface area (Å²) < 4.78 is 36.2. The number of hydrazone groups is 1. The highest BCUT2D eigenvalue weighted by Crippen LogP contribution is 2.35. The highest BCUT2D eigenvalue weighted by Gasteiger charge is 2.29. The van der Waals surface area contributed by atoms with Crippen molar-refractivity contribution in [1.29, 1.82) is 0 Å². The number of carbonyl (C=O) groups excluding carboxylic acids is 1. The monoisotopic (exact) mass is 515 g/mol. The molecule has 0 radical (unpaired) electrons. The Kier molecular flexibility index (Phi) is 7.41. The van der Waals surface area contributed by atoms with Gasteiger partial charge in [0.15, 0.2) is 11.5 Å². The zero-order valence-electron chi connectivity index (χ0n) is 21.3. The van der Waals surface area contributed by atoms with E-state index in [2.05, 4.69) is 10.2 Å². The fraction of sp³-hybridized carbons (Fsp3) is 0.440. The quantitative estimate of drug-likeness (QED) is 0.654. The zero-order chi connectivity index (χ0) is 26.0. The first-order valence-electron chi connectivity index (χ1n) is 11.8. The van der Waals surface area contributed by atoms with E-state index in [-0.39, 0.29) is 12.1 Å².